The number of hydrogen-bond donors (Lipinski definition) is 1. The van der Waals surface area contributed by atoms with Crippen LogP contribution in [0.15, 0.2) is 42.5 Å². The molecule has 1 heterocycles. The van der Waals surface area contributed by atoms with Crippen LogP contribution in [0.25, 0.3) is 0 Å². The van der Waals surface area contributed by atoms with Gasteiger partial charge in [0, 0.05) is 12.5 Å². The molecule has 3 rings (SSSR count). The highest BCUT2D eigenvalue weighted by Gasteiger charge is 2.38. The quantitative estimate of drug-likeness (QED) is 0.820. The summed E-state index contributed by atoms with van der Waals surface area (Å²) in [4.78, 5) is 13.8. The number of benzene rings is 2. The van der Waals surface area contributed by atoms with Gasteiger partial charge in [0.05, 0.1) is 21.3 Å². The van der Waals surface area contributed by atoms with Crippen LogP contribution in [0.4, 0.5) is 4.79 Å². The summed E-state index contributed by atoms with van der Waals surface area (Å²) in [5.74, 6) is 1.22. The van der Waals surface area contributed by atoms with Gasteiger partial charge in [-0.1, -0.05) is 30.3 Å². The Morgan fingerprint density at radius 1 is 1.07 bits per heavy atom. The van der Waals surface area contributed by atoms with Crippen LogP contribution in [0.1, 0.15) is 23.5 Å². The molecule has 2 aromatic rings. The molecule has 7 heteroatoms. The lowest BCUT2D eigenvalue weighted by Gasteiger charge is -2.24. The number of nitrogens with zero attached hydrogens (tertiary/aromatic N) is 1. The fraction of sp³-hybridized carbons (Fsp3) is 0.381. The molecule has 7 nitrogen and oxygen atoms in total. The van der Waals surface area contributed by atoms with Gasteiger partial charge in [-0.2, -0.15) is 0 Å². The van der Waals surface area contributed by atoms with Crippen molar-refractivity contribution < 1.29 is 28.8 Å². The second-order valence-electron chi connectivity index (χ2n) is 6.50. The SMILES string of the molecule is COc1cc(C2CCN(C(=O)OCc3ccccc3)C2O)cc(OC)c1OC. The molecule has 0 saturated carbocycles. The molecule has 0 bridgehead atoms. The van der Waals surface area contributed by atoms with E-state index in [0.29, 0.717) is 30.2 Å². The van der Waals surface area contributed by atoms with Gasteiger partial charge < -0.3 is 24.1 Å². The molecule has 2 aromatic carbocycles. The second-order valence-corrected chi connectivity index (χ2v) is 6.50. The van der Waals surface area contributed by atoms with Crippen molar-refractivity contribution in [3.05, 3.63) is 53.6 Å². The van der Waals surface area contributed by atoms with Gasteiger partial charge >= 0.3 is 6.09 Å². The summed E-state index contributed by atoms with van der Waals surface area (Å²) in [6, 6.07) is 13.0. The molecule has 0 aliphatic carbocycles. The number of likely N-dealkylation sites (tertiary alicyclic amines) is 1. The summed E-state index contributed by atoms with van der Waals surface area (Å²) in [6.45, 7) is 0.563. The summed E-state index contributed by atoms with van der Waals surface area (Å²) in [7, 11) is 4.62. The molecule has 1 aliphatic rings. The van der Waals surface area contributed by atoms with Gasteiger partial charge in [-0.3, -0.25) is 4.90 Å². The van der Waals surface area contributed by atoms with Crippen LogP contribution in [-0.2, 0) is 11.3 Å². The Balaban J connectivity index is 1.73. The minimum absolute atomic E-state index is 0.164. The molecule has 1 aliphatic heterocycles. The van der Waals surface area contributed by atoms with Crippen LogP contribution in [0.3, 0.4) is 0 Å². The zero-order chi connectivity index (χ0) is 20.1. The summed E-state index contributed by atoms with van der Waals surface area (Å²) >= 11 is 0. The van der Waals surface area contributed by atoms with Gasteiger partial charge in [0.2, 0.25) is 5.75 Å². The Morgan fingerprint density at radius 2 is 1.71 bits per heavy atom. The number of amides is 1. The Kier molecular flexibility index (Phi) is 6.26. The lowest BCUT2D eigenvalue weighted by molar-refractivity contribution is 0.0144. The fourth-order valence-corrected chi connectivity index (χ4v) is 3.43. The molecule has 2 atom stereocenters. The average Bonchev–Trinajstić information content (AvgIpc) is 3.12. The summed E-state index contributed by atoms with van der Waals surface area (Å²) in [5.41, 5.74) is 1.70. The Morgan fingerprint density at radius 3 is 2.29 bits per heavy atom. The number of carbonyl (C=O) groups excluding carboxylic acids is 1. The van der Waals surface area contributed by atoms with Crippen LogP contribution < -0.4 is 14.2 Å². The number of hydrogen-bond acceptors (Lipinski definition) is 6. The highest BCUT2D eigenvalue weighted by molar-refractivity contribution is 5.68. The monoisotopic (exact) mass is 387 g/mol. The first-order chi connectivity index (χ1) is 13.6. The molecular formula is C21H25NO6. The van der Waals surface area contributed by atoms with Gasteiger partial charge in [0.15, 0.2) is 11.5 Å². The number of carbonyl (C=O) groups is 1. The summed E-state index contributed by atoms with van der Waals surface area (Å²) < 4.78 is 21.5. The lowest BCUT2D eigenvalue weighted by Crippen LogP contribution is -2.37. The molecule has 0 spiro atoms. The first-order valence-electron chi connectivity index (χ1n) is 9.04. The van der Waals surface area contributed by atoms with E-state index < -0.39 is 12.3 Å². The van der Waals surface area contributed by atoms with Crippen LogP contribution in [0.5, 0.6) is 17.2 Å². The molecule has 1 N–H and O–H groups in total. The van der Waals surface area contributed by atoms with Crippen LogP contribution in [-0.4, -0.2) is 50.2 Å². The van der Waals surface area contributed by atoms with Crippen LogP contribution in [0.2, 0.25) is 0 Å². The van der Waals surface area contributed by atoms with Crippen molar-refractivity contribution in [3.8, 4) is 17.2 Å². The highest BCUT2D eigenvalue weighted by Crippen LogP contribution is 2.43. The maximum Gasteiger partial charge on any atom is 0.412 e. The van der Waals surface area contributed by atoms with Crippen molar-refractivity contribution in [1.29, 1.82) is 0 Å². The third-order valence-corrected chi connectivity index (χ3v) is 4.92. The van der Waals surface area contributed by atoms with Crippen LogP contribution >= 0.6 is 0 Å². The Bertz CT molecular complexity index is 785. The van der Waals surface area contributed by atoms with E-state index >= 15 is 0 Å². The number of aliphatic hydroxyl groups excluding tert-OH is 1. The van der Waals surface area contributed by atoms with E-state index in [9.17, 15) is 9.90 Å². The zero-order valence-corrected chi connectivity index (χ0v) is 16.3. The number of ether oxygens (including phenoxy) is 4. The van der Waals surface area contributed by atoms with Gasteiger partial charge in [-0.15, -0.1) is 0 Å². The predicted molar refractivity (Wildman–Crippen MR) is 103 cm³/mol. The summed E-state index contributed by atoms with van der Waals surface area (Å²) in [5, 5.41) is 10.7. The number of rotatable bonds is 6. The standard InChI is InChI=1S/C21H25NO6/c1-25-17-11-15(12-18(26-2)19(17)27-3)16-9-10-22(20(16)23)21(24)28-13-14-7-5-4-6-8-14/h4-8,11-12,16,20,23H,9-10,13H2,1-3H3. The predicted octanol–water partition coefficient (Wildman–Crippen LogP) is 3.16. The van der Waals surface area contributed by atoms with Crippen molar-refractivity contribution >= 4 is 6.09 Å². The number of aliphatic hydroxyl groups is 1. The van der Waals surface area contributed by atoms with Crippen molar-refractivity contribution in [2.45, 2.75) is 25.2 Å². The molecule has 150 valence electrons. The minimum atomic E-state index is -0.994. The number of methoxy groups -OCH3 is 3. The van der Waals surface area contributed by atoms with Gasteiger partial charge in [0.1, 0.15) is 12.8 Å². The molecule has 1 saturated heterocycles. The van der Waals surface area contributed by atoms with Gasteiger partial charge in [-0.05, 0) is 29.7 Å². The second kappa shape index (κ2) is 8.84. The lowest BCUT2D eigenvalue weighted by atomic mass is 9.96. The molecular weight excluding hydrogens is 362 g/mol. The van der Waals surface area contributed by atoms with E-state index in [4.69, 9.17) is 18.9 Å². The Labute approximate surface area is 164 Å². The molecule has 1 amide bonds. The van der Waals surface area contributed by atoms with E-state index in [1.165, 1.54) is 12.0 Å². The van der Waals surface area contributed by atoms with Crippen molar-refractivity contribution in [2.24, 2.45) is 0 Å². The van der Waals surface area contributed by atoms with E-state index in [0.717, 1.165) is 11.1 Å². The van der Waals surface area contributed by atoms with Crippen LogP contribution in [0, 0.1) is 0 Å². The van der Waals surface area contributed by atoms with E-state index in [-0.39, 0.29) is 12.5 Å². The van der Waals surface area contributed by atoms with E-state index in [1.807, 2.05) is 30.3 Å². The first-order valence-corrected chi connectivity index (χ1v) is 9.04. The smallest absolute Gasteiger partial charge is 0.412 e. The van der Waals surface area contributed by atoms with Crippen molar-refractivity contribution in [3.63, 3.8) is 0 Å². The Hall–Kier alpha value is -2.93. The largest absolute Gasteiger partial charge is 0.493 e. The molecule has 0 aromatic heterocycles. The minimum Gasteiger partial charge on any atom is -0.493 e. The third-order valence-electron chi connectivity index (χ3n) is 4.92. The van der Waals surface area contributed by atoms with E-state index in [1.54, 1.807) is 26.4 Å². The molecule has 28 heavy (non-hydrogen) atoms. The fourth-order valence-electron chi connectivity index (χ4n) is 3.43. The average molecular weight is 387 g/mol. The van der Waals surface area contributed by atoms with Crippen molar-refractivity contribution in [2.75, 3.05) is 27.9 Å². The zero-order valence-electron chi connectivity index (χ0n) is 16.3. The van der Waals surface area contributed by atoms with Crippen molar-refractivity contribution in [1.82, 2.24) is 4.90 Å². The first kappa shape index (κ1) is 19.8. The van der Waals surface area contributed by atoms with Gasteiger partial charge in [-0.25, -0.2) is 4.79 Å². The van der Waals surface area contributed by atoms with E-state index in [2.05, 4.69) is 0 Å². The molecule has 0 radical (unpaired) electrons. The summed E-state index contributed by atoms with van der Waals surface area (Å²) in [6.07, 6.45) is -0.933. The molecule has 2 unspecified atom stereocenters. The topological polar surface area (TPSA) is 77.5 Å². The normalized spacial score (nSPS) is 18.6. The third kappa shape index (κ3) is 3.99. The maximum atomic E-state index is 12.4. The molecule has 1 fully saturated rings. The van der Waals surface area contributed by atoms with Gasteiger partial charge in [0.25, 0.3) is 0 Å². The maximum absolute atomic E-state index is 12.4. The highest BCUT2D eigenvalue weighted by atomic mass is 16.6.